The normalized spacial score (nSPS) is 18.2. The molecule has 1 aliphatic heterocycles. The van der Waals surface area contributed by atoms with Crippen LogP contribution in [0.1, 0.15) is 72.4 Å². The second-order valence-corrected chi connectivity index (χ2v) is 10.4. The highest BCUT2D eigenvalue weighted by atomic mass is 16.7. The minimum absolute atomic E-state index is 0.00730. The van der Waals surface area contributed by atoms with Gasteiger partial charge >= 0.3 is 0 Å². The Morgan fingerprint density at radius 3 is 2.45 bits per heavy atom. The van der Waals surface area contributed by atoms with Gasteiger partial charge in [-0.2, -0.15) is 0 Å². The molecule has 5 nitrogen and oxygen atoms in total. The first-order valence-electron chi connectivity index (χ1n) is 12.9. The first kappa shape index (κ1) is 25.7. The molecule has 0 saturated carbocycles. The lowest BCUT2D eigenvalue weighted by Gasteiger charge is -2.32. The van der Waals surface area contributed by atoms with Gasteiger partial charge in [0.2, 0.25) is 0 Å². The second-order valence-electron chi connectivity index (χ2n) is 10.4. The van der Waals surface area contributed by atoms with Gasteiger partial charge in [-0.1, -0.05) is 48.1 Å². The minimum atomic E-state index is -0.397. The third kappa shape index (κ3) is 4.59. The average molecular weight is 509 g/mol. The molecule has 1 heterocycles. The summed E-state index contributed by atoms with van der Waals surface area (Å²) >= 11 is 0. The van der Waals surface area contributed by atoms with E-state index < -0.39 is 5.60 Å². The number of fused-ring (bicyclic) bond motifs is 4. The van der Waals surface area contributed by atoms with Gasteiger partial charge in [-0.3, -0.25) is 9.59 Å². The summed E-state index contributed by atoms with van der Waals surface area (Å²) in [6.45, 7) is 8.02. The fourth-order valence-electron chi connectivity index (χ4n) is 5.20. The summed E-state index contributed by atoms with van der Waals surface area (Å²) in [6.07, 6.45) is 8.27. The van der Waals surface area contributed by atoms with E-state index in [-0.39, 0.29) is 18.4 Å². The van der Waals surface area contributed by atoms with Crippen molar-refractivity contribution in [2.75, 3.05) is 13.9 Å². The predicted octanol–water partition coefficient (Wildman–Crippen LogP) is 7.59. The Kier molecular flexibility index (Phi) is 6.80. The van der Waals surface area contributed by atoms with E-state index in [2.05, 4.69) is 39.0 Å². The largest absolute Gasteiger partial charge is 0.483 e. The van der Waals surface area contributed by atoms with Crippen LogP contribution in [0.5, 0.6) is 11.5 Å². The zero-order valence-corrected chi connectivity index (χ0v) is 22.5. The fourth-order valence-corrected chi connectivity index (χ4v) is 5.20. The first-order chi connectivity index (χ1) is 18.2. The second kappa shape index (κ2) is 10.1. The van der Waals surface area contributed by atoms with Crippen LogP contribution in [0.3, 0.4) is 0 Å². The molecular formula is C33H32O5. The summed E-state index contributed by atoms with van der Waals surface area (Å²) in [5, 5.41) is 1.86. The van der Waals surface area contributed by atoms with Crippen LogP contribution >= 0.6 is 0 Å². The molecule has 1 aliphatic carbocycles. The number of ketones is 2. The Hall–Kier alpha value is -3.96. The highest BCUT2D eigenvalue weighted by Gasteiger charge is 2.33. The van der Waals surface area contributed by atoms with E-state index in [9.17, 15) is 9.59 Å². The molecule has 0 aromatic heterocycles. The van der Waals surface area contributed by atoms with Crippen LogP contribution in [0, 0.1) is 0 Å². The number of Topliss-reactive ketones (excluding diaryl/α,β-unsaturated/α-hetero) is 2. The van der Waals surface area contributed by atoms with Crippen LogP contribution in [0.4, 0.5) is 0 Å². The van der Waals surface area contributed by atoms with Gasteiger partial charge in [0, 0.05) is 40.5 Å². The summed E-state index contributed by atoms with van der Waals surface area (Å²) in [4.78, 5) is 26.8. The van der Waals surface area contributed by atoms with Gasteiger partial charge in [-0.25, -0.2) is 0 Å². The molecule has 38 heavy (non-hydrogen) atoms. The molecule has 3 aromatic rings. The summed E-state index contributed by atoms with van der Waals surface area (Å²) in [7, 11) is 1.55. The summed E-state index contributed by atoms with van der Waals surface area (Å²) in [5.41, 5.74) is 4.04. The molecule has 2 aliphatic rings. The highest BCUT2D eigenvalue weighted by molar-refractivity contribution is 6.41. The molecule has 0 radical (unpaired) electrons. The Labute approximate surface area is 223 Å². The number of benzene rings is 3. The Morgan fingerprint density at radius 2 is 1.74 bits per heavy atom. The highest BCUT2D eigenvalue weighted by Crippen LogP contribution is 2.43. The molecule has 1 unspecified atom stereocenters. The molecule has 0 N–H and O–H groups in total. The number of carbonyl (C=O) groups is 2. The molecule has 0 bridgehead atoms. The van der Waals surface area contributed by atoms with E-state index in [0.717, 1.165) is 34.9 Å². The Morgan fingerprint density at radius 1 is 1.00 bits per heavy atom. The van der Waals surface area contributed by atoms with Crippen LogP contribution in [-0.4, -0.2) is 31.1 Å². The Bertz CT molecular complexity index is 1550. The standard InChI is InChI=1S/C33H32O5/c1-20(2)9-8-15-33(4)16-14-23-26-18-29(37-19-36-5)27(17-22(26)12-13-28(23)38-33)30-21(3)31(34)24-10-6-7-11-25(24)32(30)35/h6-7,9-14,16-18H,8,15,19H2,1-5H3. The van der Waals surface area contributed by atoms with Gasteiger partial charge in [0.15, 0.2) is 18.4 Å². The van der Waals surface area contributed by atoms with Crippen molar-refractivity contribution in [3.05, 3.63) is 94.1 Å². The number of methoxy groups -OCH3 is 1. The smallest absolute Gasteiger partial charge is 0.194 e. The molecule has 0 saturated heterocycles. The number of carbonyl (C=O) groups excluding carboxylic acids is 2. The first-order valence-corrected chi connectivity index (χ1v) is 12.9. The van der Waals surface area contributed by atoms with E-state index in [1.807, 2.05) is 24.3 Å². The number of rotatable bonds is 7. The molecule has 0 amide bonds. The summed E-state index contributed by atoms with van der Waals surface area (Å²) < 4.78 is 17.7. The van der Waals surface area contributed by atoms with Crippen molar-refractivity contribution in [1.29, 1.82) is 0 Å². The topological polar surface area (TPSA) is 61.8 Å². The molecular weight excluding hydrogens is 476 g/mol. The van der Waals surface area contributed by atoms with Gasteiger partial charge in [-0.05, 0) is 75.6 Å². The monoisotopic (exact) mass is 508 g/mol. The van der Waals surface area contributed by atoms with Crippen molar-refractivity contribution in [3.8, 4) is 11.5 Å². The number of allylic oxidation sites excluding steroid dienone is 4. The lowest BCUT2D eigenvalue weighted by atomic mass is 9.81. The van der Waals surface area contributed by atoms with Gasteiger partial charge in [-0.15, -0.1) is 0 Å². The molecule has 5 heteroatoms. The van der Waals surface area contributed by atoms with Crippen molar-refractivity contribution in [3.63, 3.8) is 0 Å². The minimum Gasteiger partial charge on any atom is -0.483 e. The predicted molar refractivity (Wildman–Crippen MR) is 151 cm³/mol. The quantitative estimate of drug-likeness (QED) is 0.243. The number of hydrogen-bond donors (Lipinski definition) is 0. The third-order valence-corrected chi connectivity index (χ3v) is 7.22. The van der Waals surface area contributed by atoms with E-state index >= 15 is 0 Å². The van der Waals surface area contributed by atoms with Crippen LogP contribution in [0.25, 0.3) is 22.4 Å². The van der Waals surface area contributed by atoms with Crippen LogP contribution < -0.4 is 9.47 Å². The SMILES string of the molecule is COCOc1cc2c3c(ccc2cc1C1=C(C)C(=O)c2ccccc2C1=O)OC(C)(CCC=C(C)C)C=C3. The van der Waals surface area contributed by atoms with Crippen molar-refractivity contribution in [2.24, 2.45) is 0 Å². The van der Waals surface area contributed by atoms with Crippen LogP contribution in [-0.2, 0) is 4.74 Å². The van der Waals surface area contributed by atoms with Crippen LogP contribution in [0.2, 0.25) is 0 Å². The molecule has 3 aromatic carbocycles. The van der Waals surface area contributed by atoms with Crippen LogP contribution in [0.15, 0.2) is 71.8 Å². The number of hydrogen-bond acceptors (Lipinski definition) is 5. The zero-order chi connectivity index (χ0) is 27.0. The fraction of sp³-hybridized carbons (Fsp3) is 0.273. The molecule has 0 spiro atoms. The van der Waals surface area contributed by atoms with Crippen molar-refractivity contribution in [2.45, 2.75) is 46.1 Å². The van der Waals surface area contributed by atoms with Crippen molar-refractivity contribution < 1.29 is 23.8 Å². The Balaban J connectivity index is 1.61. The average Bonchev–Trinajstić information content (AvgIpc) is 2.90. The lowest BCUT2D eigenvalue weighted by Crippen LogP contribution is -2.31. The molecule has 0 fully saturated rings. The van der Waals surface area contributed by atoms with Gasteiger partial charge < -0.3 is 14.2 Å². The van der Waals surface area contributed by atoms with E-state index in [1.54, 1.807) is 38.3 Å². The third-order valence-electron chi connectivity index (χ3n) is 7.22. The molecule has 5 rings (SSSR count). The van der Waals surface area contributed by atoms with Crippen molar-refractivity contribution in [1.82, 2.24) is 0 Å². The van der Waals surface area contributed by atoms with E-state index in [1.165, 1.54) is 5.57 Å². The zero-order valence-electron chi connectivity index (χ0n) is 22.5. The summed E-state index contributed by atoms with van der Waals surface area (Å²) in [6, 6.07) is 14.8. The number of ether oxygens (including phenoxy) is 3. The van der Waals surface area contributed by atoms with E-state index in [0.29, 0.717) is 33.6 Å². The van der Waals surface area contributed by atoms with Crippen molar-refractivity contribution >= 4 is 34.0 Å². The van der Waals surface area contributed by atoms with Gasteiger partial charge in [0.25, 0.3) is 0 Å². The molecule has 1 atom stereocenters. The molecule has 194 valence electrons. The van der Waals surface area contributed by atoms with E-state index in [4.69, 9.17) is 14.2 Å². The maximum atomic E-state index is 13.6. The summed E-state index contributed by atoms with van der Waals surface area (Å²) in [5.74, 6) is 0.945. The maximum absolute atomic E-state index is 13.6. The maximum Gasteiger partial charge on any atom is 0.194 e. The van der Waals surface area contributed by atoms with Gasteiger partial charge in [0.05, 0.1) is 0 Å². The van der Waals surface area contributed by atoms with Gasteiger partial charge in [0.1, 0.15) is 17.1 Å². The lowest BCUT2D eigenvalue weighted by molar-refractivity contribution is 0.0510.